The number of anilines is 1. The lowest BCUT2D eigenvalue weighted by atomic mass is 9.81. The molecule has 0 spiro atoms. The number of aryl methyl sites for hydroxylation is 1. The number of methoxy groups -OCH3 is 2. The summed E-state index contributed by atoms with van der Waals surface area (Å²) >= 11 is 13.4. The Labute approximate surface area is 212 Å². The molecule has 2 N–H and O–H groups in total. The van der Waals surface area contributed by atoms with Crippen LogP contribution in [0.5, 0.6) is 0 Å². The molecule has 170 valence electrons. The Morgan fingerprint density at radius 2 is 1.76 bits per heavy atom. The van der Waals surface area contributed by atoms with Gasteiger partial charge in [-0.25, -0.2) is 9.59 Å². The van der Waals surface area contributed by atoms with Crippen molar-refractivity contribution >= 4 is 61.1 Å². The molecule has 0 amide bonds. The summed E-state index contributed by atoms with van der Waals surface area (Å²) in [4.78, 5) is 27.5. The first-order valence-electron chi connectivity index (χ1n) is 9.49. The zero-order valence-electron chi connectivity index (χ0n) is 17.8. The average Bonchev–Trinajstić information content (AvgIpc) is 2.82. The number of halogens is 3. The molecule has 1 atom stereocenters. The number of carbonyl (C=O) groups is 2. The fraction of sp³-hybridized carbons (Fsp3) is 0.174. The molecule has 1 aliphatic heterocycles. The van der Waals surface area contributed by atoms with Gasteiger partial charge < -0.3 is 15.2 Å². The molecule has 1 aliphatic rings. The van der Waals surface area contributed by atoms with Crippen LogP contribution < -0.4 is 10.6 Å². The number of ether oxygens (including phenoxy) is 2. The standard InChI is InChI=1S/C23H18Br2ClN3O4/c1-11-9-14(24)19(17(25)18(11)26)29-20(23(31)33-3)16(22(30)32-2)15(13(10-27)21(29)28)12-7-5-4-6-8-12/h4-9,15H,28H2,1-3H3. The third kappa shape index (κ3) is 4.26. The van der Waals surface area contributed by atoms with E-state index < -0.39 is 17.9 Å². The van der Waals surface area contributed by atoms with Crippen molar-refractivity contribution in [1.82, 2.24) is 0 Å². The maximum Gasteiger partial charge on any atom is 0.355 e. The number of carbonyl (C=O) groups excluding carboxylic acids is 2. The Kier molecular flexibility index (Phi) is 7.52. The van der Waals surface area contributed by atoms with E-state index in [0.717, 1.165) is 5.56 Å². The van der Waals surface area contributed by atoms with E-state index in [1.165, 1.54) is 19.1 Å². The summed E-state index contributed by atoms with van der Waals surface area (Å²) in [5, 5.41) is 10.5. The van der Waals surface area contributed by atoms with Crippen LogP contribution in [0.3, 0.4) is 0 Å². The predicted molar refractivity (Wildman–Crippen MR) is 131 cm³/mol. The maximum absolute atomic E-state index is 13.1. The average molecular weight is 596 g/mol. The van der Waals surface area contributed by atoms with Crippen LogP contribution in [0, 0.1) is 18.3 Å². The van der Waals surface area contributed by atoms with E-state index in [1.54, 1.807) is 43.3 Å². The highest BCUT2D eigenvalue weighted by Crippen LogP contribution is 2.48. The van der Waals surface area contributed by atoms with Crippen molar-refractivity contribution in [2.45, 2.75) is 12.8 Å². The molecule has 7 nitrogen and oxygen atoms in total. The number of nitrogens with two attached hydrogens (primary N) is 1. The summed E-state index contributed by atoms with van der Waals surface area (Å²) in [5.74, 6) is -2.65. The molecular formula is C23H18Br2ClN3O4. The highest BCUT2D eigenvalue weighted by molar-refractivity contribution is 9.11. The van der Waals surface area contributed by atoms with Gasteiger partial charge in [0.25, 0.3) is 0 Å². The Balaban J connectivity index is 2.50. The first-order chi connectivity index (χ1) is 15.7. The quantitative estimate of drug-likeness (QED) is 0.389. The van der Waals surface area contributed by atoms with E-state index in [4.69, 9.17) is 26.8 Å². The maximum atomic E-state index is 13.1. The van der Waals surface area contributed by atoms with Crippen molar-refractivity contribution < 1.29 is 19.1 Å². The van der Waals surface area contributed by atoms with Gasteiger partial charge in [0.1, 0.15) is 11.5 Å². The van der Waals surface area contributed by atoms with Crippen molar-refractivity contribution in [3.63, 3.8) is 0 Å². The summed E-state index contributed by atoms with van der Waals surface area (Å²) in [5.41, 5.74) is 7.95. The second-order valence-corrected chi connectivity index (χ2v) is 9.01. The van der Waals surface area contributed by atoms with Gasteiger partial charge in [0, 0.05) is 4.47 Å². The Morgan fingerprint density at radius 3 is 2.30 bits per heavy atom. The Bertz CT molecular complexity index is 1250. The van der Waals surface area contributed by atoms with E-state index >= 15 is 0 Å². The van der Waals surface area contributed by atoms with Crippen LogP contribution >= 0.6 is 43.5 Å². The monoisotopic (exact) mass is 593 g/mol. The third-order valence-corrected chi connectivity index (χ3v) is 7.24. The van der Waals surface area contributed by atoms with Gasteiger partial charge in [0.2, 0.25) is 0 Å². The molecule has 0 aromatic heterocycles. The van der Waals surface area contributed by atoms with Gasteiger partial charge in [0.15, 0.2) is 0 Å². The second kappa shape index (κ2) is 10.00. The van der Waals surface area contributed by atoms with Gasteiger partial charge in [-0.2, -0.15) is 5.26 Å². The van der Waals surface area contributed by atoms with Crippen molar-refractivity contribution in [2.75, 3.05) is 19.1 Å². The molecule has 33 heavy (non-hydrogen) atoms. The number of benzene rings is 2. The van der Waals surface area contributed by atoms with Gasteiger partial charge in [-0.05, 0) is 56.0 Å². The molecule has 0 fully saturated rings. The number of hydrogen-bond donors (Lipinski definition) is 1. The van der Waals surface area contributed by atoms with Crippen LogP contribution in [0.1, 0.15) is 17.0 Å². The van der Waals surface area contributed by atoms with Crippen LogP contribution in [0.25, 0.3) is 0 Å². The zero-order valence-corrected chi connectivity index (χ0v) is 21.7. The minimum atomic E-state index is -0.951. The highest BCUT2D eigenvalue weighted by atomic mass is 79.9. The minimum Gasteiger partial charge on any atom is -0.466 e. The largest absolute Gasteiger partial charge is 0.466 e. The van der Waals surface area contributed by atoms with Crippen molar-refractivity contribution in [2.24, 2.45) is 5.73 Å². The van der Waals surface area contributed by atoms with Gasteiger partial charge in [-0.1, -0.05) is 41.9 Å². The zero-order chi connectivity index (χ0) is 24.4. The summed E-state index contributed by atoms with van der Waals surface area (Å²) in [6, 6.07) is 12.6. The van der Waals surface area contributed by atoms with Crippen molar-refractivity contribution in [3.8, 4) is 6.07 Å². The second-order valence-electron chi connectivity index (χ2n) is 6.99. The smallest absolute Gasteiger partial charge is 0.355 e. The molecule has 0 aliphatic carbocycles. The molecule has 2 aromatic rings. The molecule has 3 rings (SSSR count). The normalized spacial score (nSPS) is 15.9. The number of nitriles is 1. The molecule has 0 saturated carbocycles. The first kappa shape index (κ1) is 24.8. The molecule has 0 radical (unpaired) electrons. The van der Waals surface area contributed by atoms with E-state index in [-0.39, 0.29) is 22.7 Å². The molecule has 10 heteroatoms. The fourth-order valence-corrected chi connectivity index (χ4v) is 5.49. The number of hydrogen-bond acceptors (Lipinski definition) is 7. The van der Waals surface area contributed by atoms with Crippen LogP contribution in [-0.4, -0.2) is 26.2 Å². The van der Waals surface area contributed by atoms with Crippen LogP contribution in [-0.2, 0) is 19.1 Å². The fourth-order valence-electron chi connectivity index (χ4n) is 3.65. The number of allylic oxidation sites excluding steroid dienone is 1. The summed E-state index contributed by atoms with van der Waals surface area (Å²) in [7, 11) is 2.38. The number of nitrogens with zero attached hydrogens (tertiary/aromatic N) is 2. The van der Waals surface area contributed by atoms with Crippen LogP contribution in [0.15, 0.2) is 68.0 Å². The molecule has 0 saturated heterocycles. The first-order valence-corrected chi connectivity index (χ1v) is 11.5. The molecule has 1 unspecified atom stereocenters. The molecule has 1 heterocycles. The van der Waals surface area contributed by atoms with Crippen molar-refractivity contribution in [3.05, 3.63) is 84.2 Å². The number of rotatable bonds is 4. The van der Waals surface area contributed by atoms with Crippen LogP contribution in [0.4, 0.5) is 5.69 Å². The Morgan fingerprint density at radius 1 is 1.15 bits per heavy atom. The minimum absolute atomic E-state index is 0.0549. The molecule has 2 aromatic carbocycles. The third-order valence-electron chi connectivity index (χ3n) is 5.15. The summed E-state index contributed by atoms with van der Waals surface area (Å²) in [6.45, 7) is 1.81. The SMILES string of the molecule is COC(=O)C1=C(C(=O)OC)N(c2c(Br)cc(C)c(Cl)c2Br)C(N)=C(C#N)C1c1ccccc1. The van der Waals surface area contributed by atoms with E-state index in [2.05, 4.69) is 37.9 Å². The van der Waals surface area contributed by atoms with E-state index in [0.29, 0.717) is 25.2 Å². The summed E-state index contributed by atoms with van der Waals surface area (Å²) in [6.07, 6.45) is 0. The predicted octanol–water partition coefficient (Wildman–Crippen LogP) is 5.07. The molecular weight excluding hydrogens is 578 g/mol. The van der Waals surface area contributed by atoms with Crippen molar-refractivity contribution in [1.29, 1.82) is 5.26 Å². The Hall–Kier alpha value is -2.80. The van der Waals surface area contributed by atoms with E-state index in [1.807, 2.05) is 0 Å². The van der Waals surface area contributed by atoms with E-state index in [9.17, 15) is 14.9 Å². The highest BCUT2D eigenvalue weighted by Gasteiger charge is 2.44. The summed E-state index contributed by atoms with van der Waals surface area (Å²) < 4.78 is 11.0. The lowest BCUT2D eigenvalue weighted by molar-refractivity contribution is -0.139. The lowest BCUT2D eigenvalue weighted by Crippen LogP contribution is -2.41. The number of esters is 2. The molecule has 0 bridgehead atoms. The van der Waals surface area contributed by atoms with Gasteiger partial charge >= 0.3 is 11.9 Å². The van der Waals surface area contributed by atoms with Gasteiger partial charge in [0.05, 0.1) is 52.5 Å². The van der Waals surface area contributed by atoms with Gasteiger partial charge in [-0.3, -0.25) is 4.90 Å². The lowest BCUT2D eigenvalue weighted by Gasteiger charge is -2.37. The van der Waals surface area contributed by atoms with Gasteiger partial charge in [-0.15, -0.1) is 0 Å². The van der Waals surface area contributed by atoms with Crippen LogP contribution in [0.2, 0.25) is 5.02 Å². The topological polar surface area (TPSA) is 106 Å².